The number of esters is 1. The van der Waals surface area contributed by atoms with Crippen molar-refractivity contribution < 1.29 is 18.7 Å². The number of amides is 1. The number of methoxy groups -OCH3 is 1. The van der Waals surface area contributed by atoms with Crippen molar-refractivity contribution in [2.75, 3.05) is 13.0 Å². The van der Waals surface area contributed by atoms with Crippen molar-refractivity contribution in [3.05, 3.63) is 17.8 Å². The van der Waals surface area contributed by atoms with Crippen LogP contribution in [0, 0.1) is 5.41 Å². The van der Waals surface area contributed by atoms with Gasteiger partial charge in [-0.3, -0.25) is 4.79 Å². The highest BCUT2D eigenvalue weighted by Crippen LogP contribution is 2.23. The molecule has 0 saturated heterocycles. The molecule has 0 unspecified atom stereocenters. The Morgan fingerprint density at radius 2 is 2.10 bits per heavy atom. The van der Waals surface area contributed by atoms with E-state index in [1.165, 1.54) is 13.4 Å². The van der Waals surface area contributed by atoms with Gasteiger partial charge >= 0.3 is 5.97 Å². The molecule has 1 heterocycles. The molecule has 0 fully saturated rings. The third-order valence-corrected chi connectivity index (χ3v) is 3.72. The molecule has 21 heavy (non-hydrogen) atoms. The molecule has 118 valence electrons. The molecule has 0 radical (unpaired) electrons. The normalized spacial score (nSPS) is 11.6. The Morgan fingerprint density at radius 1 is 1.48 bits per heavy atom. The van der Waals surface area contributed by atoms with Gasteiger partial charge in [0.15, 0.2) is 5.69 Å². The second-order valence-corrected chi connectivity index (χ2v) is 5.93. The molecule has 0 aliphatic rings. The molecular weight excluding hydrogens is 296 g/mol. The van der Waals surface area contributed by atoms with Crippen molar-refractivity contribution in [1.29, 1.82) is 0 Å². The van der Waals surface area contributed by atoms with E-state index in [-0.39, 0.29) is 36.0 Å². The minimum atomic E-state index is -0.677. The van der Waals surface area contributed by atoms with Crippen LogP contribution in [0.15, 0.2) is 10.7 Å². The van der Waals surface area contributed by atoms with E-state index in [1.807, 2.05) is 13.8 Å². The fourth-order valence-corrected chi connectivity index (χ4v) is 1.78. The number of ether oxygens (including phenoxy) is 1. The van der Waals surface area contributed by atoms with Crippen molar-refractivity contribution in [3.8, 4) is 0 Å². The van der Waals surface area contributed by atoms with E-state index < -0.39 is 11.4 Å². The van der Waals surface area contributed by atoms with E-state index >= 15 is 0 Å². The maximum absolute atomic E-state index is 12.5. The van der Waals surface area contributed by atoms with Crippen LogP contribution in [0.4, 0.5) is 0 Å². The summed E-state index contributed by atoms with van der Waals surface area (Å²) in [7, 11) is 1.27. The maximum Gasteiger partial charge on any atom is 0.360 e. The van der Waals surface area contributed by atoms with Gasteiger partial charge in [0, 0.05) is 11.9 Å². The minimum absolute atomic E-state index is 0.0477. The summed E-state index contributed by atoms with van der Waals surface area (Å²) in [6.45, 7) is 7.53. The minimum Gasteiger partial charge on any atom is -0.464 e. The van der Waals surface area contributed by atoms with Crippen LogP contribution in [-0.4, -0.2) is 40.8 Å². The molecule has 0 bridgehead atoms. The number of alkyl halides is 1. The first kappa shape index (κ1) is 17.5. The Balaban J connectivity index is 2.92. The lowest BCUT2D eigenvalue weighted by molar-refractivity contribution is -0.142. The SMILES string of the molecule is COC(=O)c1coc(CN(C(=O)C(C)(C)CCl)C(C)C)n1. The topological polar surface area (TPSA) is 72.6 Å². The Labute approximate surface area is 129 Å². The third-order valence-electron chi connectivity index (χ3n) is 3.05. The molecule has 7 heteroatoms. The summed E-state index contributed by atoms with van der Waals surface area (Å²) in [6, 6.07) is -0.0477. The zero-order chi connectivity index (χ0) is 16.2. The number of carbonyl (C=O) groups is 2. The Bertz CT molecular complexity index is 511. The number of aromatic nitrogens is 1. The summed E-state index contributed by atoms with van der Waals surface area (Å²) in [6.07, 6.45) is 1.22. The van der Waals surface area contributed by atoms with Gasteiger partial charge in [0.05, 0.1) is 19.1 Å². The number of oxazole rings is 1. The molecule has 0 aliphatic heterocycles. The van der Waals surface area contributed by atoms with Crippen molar-refractivity contribution >= 4 is 23.5 Å². The molecule has 6 nitrogen and oxygen atoms in total. The van der Waals surface area contributed by atoms with Gasteiger partial charge in [-0.25, -0.2) is 9.78 Å². The van der Waals surface area contributed by atoms with Crippen LogP contribution in [0.1, 0.15) is 44.1 Å². The van der Waals surface area contributed by atoms with Crippen LogP contribution in [0.5, 0.6) is 0 Å². The predicted molar refractivity (Wildman–Crippen MR) is 78.0 cm³/mol. The van der Waals surface area contributed by atoms with Crippen LogP contribution < -0.4 is 0 Å². The first-order chi connectivity index (χ1) is 9.72. The van der Waals surface area contributed by atoms with Crippen LogP contribution in [-0.2, 0) is 16.1 Å². The average molecular weight is 317 g/mol. The number of hydrogen-bond acceptors (Lipinski definition) is 5. The monoisotopic (exact) mass is 316 g/mol. The van der Waals surface area contributed by atoms with Gasteiger partial charge in [-0.15, -0.1) is 11.6 Å². The molecule has 1 aromatic heterocycles. The van der Waals surface area contributed by atoms with E-state index in [2.05, 4.69) is 9.72 Å². The molecule has 1 amide bonds. The molecule has 0 aromatic carbocycles. The van der Waals surface area contributed by atoms with Crippen molar-refractivity contribution in [3.63, 3.8) is 0 Å². The summed E-state index contributed by atoms with van der Waals surface area (Å²) in [5.41, 5.74) is -0.593. The van der Waals surface area contributed by atoms with Crippen molar-refractivity contribution in [2.24, 2.45) is 5.41 Å². The van der Waals surface area contributed by atoms with Gasteiger partial charge in [-0.1, -0.05) is 0 Å². The number of halogens is 1. The average Bonchev–Trinajstić information content (AvgIpc) is 2.91. The van der Waals surface area contributed by atoms with Gasteiger partial charge < -0.3 is 14.1 Å². The number of hydrogen-bond donors (Lipinski definition) is 0. The van der Waals surface area contributed by atoms with E-state index in [4.69, 9.17) is 16.0 Å². The van der Waals surface area contributed by atoms with Gasteiger partial charge in [0.25, 0.3) is 0 Å². The summed E-state index contributed by atoms with van der Waals surface area (Å²) in [5, 5.41) is 0. The lowest BCUT2D eigenvalue weighted by atomic mass is 9.93. The highest BCUT2D eigenvalue weighted by atomic mass is 35.5. The van der Waals surface area contributed by atoms with E-state index in [1.54, 1.807) is 18.7 Å². The van der Waals surface area contributed by atoms with Crippen molar-refractivity contribution in [2.45, 2.75) is 40.3 Å². The molecule has 1 rings (SSSR count). The van der Waals surface area contributed by atoms with Gasteiger partial charge in [0.1, 0.15) is 6.26 Å². The van der Waals surface area contributed by atoms with Crippen LogP contribution in [0.3, 0.4) is 0 Å². The highest BCUT2D eigenvalue weighted by molar-refractivity contribution is 6.19. The third kappa shape index (κ3) is 4.20. The lowest BCUT2D eigenvalue weighted by Crippen LogP contribution is -2.45. The van der Waals surface area contributed by atoms with E-state index in [0.717, 1.165) is 0 Å². The summed E-state index contributed by atoms with van der Waals surface area (Å²) in [4.78, 5) is 29.5. The molecule has 0 N–H and O–H groups in total. The van der Waals surface area contributed by atoms with E-state index in [9.17, 15) is 9.59 Å². The summed E-state index contributed by atoms with van der Waals surface area (Å²) in [5.74, 6) is -0.171. The molecule has 0 aliphatic carbocycles. The van der Waals surface area contributed by atoms with Gasteiger partial charge in [0.2, 0.25) is 11.8 Å². The molecular formula is C14H21ClN2O4. The largest absolute Gasteiger partial charge is 0.464 e. The standard InChI is InChI=1S/C14H21ClN2O4/c1-9(2)17(13(19)14(3,4)8-15)6-11-16-10(7-21-11)12(18)20-5/h7,9H,6,8H2,1-5H3. The number of nitrogens with zero attached hydrogens (tertiary/aromatic N) is 2. The first-order valence-corrected chi connectivity index (χ1v) is 7.16. The smallest absolute Gasteiger partial charge is 0.360 e. The molecule has 0 atom stereocenters. The van der Waals surface area contributed by atoms with Gasteiger partial charge in [-0.2, -0.15) is 0 Å². The second-order valence-electron chi connectivity index (χ2n) is 5.66. The zero-order valence-electron chi connectivity index (χ0n) is 13.0. The Kier molecular flexibility index (Phi) is 5.78. The Hall–Kier alpha value is -1.56. The lowest BCUT2D eigenvalue weighted by Gasteiger charge is -2.32. The van der Waals surface area contributed by atoms with Crippen molar-refractivity contribution in [1.82, 2.24) is 9.88 Å². The van der Waals surface area contributed by atoms with E-state index in [0.29, 0.717) is 0 Å². The van der Waals surface area contributed by atoms with Crippen LogP contribution in [0.25, 0.3) is 0 Å². The molecule has 1 aromatic rings. The number of carbonyl (C=O) groups excluding carboxylic acids is 2. The quantitative estimate of drug-likeness (QED) is 0.595. The summed E-state index contributed by atoms with van der Waals surface area (Å²) < 4.78 is 9.79. The highest BCUT2D eigenvalue weighted by Gasteiger charge is 2.33. The van der Waals surface area contributed by atoms with Gasteiger partial charge in [-0.05, 0) is 27.7 Å². The van der Waals surface area contributed by atoms with Crippen LogP contribution in [0.2, 0.25) is 0 Å². The second kappa shape index (κ2) is 6.93. The summed E-state index contributed by atoms with van der Waals surface area (Å²) >= 11 is 5.86. The fourth-order valence-electron chi connectivity index (χ4n) is 1.66. The number of rotatable bonds is 6. The predicted octanol–water partition coefficient (Wildman–Crippen LogP) is 2.46. The zero-order valence-corrected chi connectivity index (χ0v) is 13.7. The molecule has 0 spiro atoms. The fraction of sp³-hybridized carbons (Fsp3) is 0.643. The Morgan fingerprint density at radius 3 is 2.57 bits per heavy atom. The molecule has 0 saturated carbocycles. The maximum atomic E-state index is 12.5. The first-order valence-electron chi connectivity index (χ1n) is 6.62. The van der Waals surface area contributed by atoms with Crippen LogP contribution >= 0.6 is 11.6 Å².